The van der Waals surface area contributed by atoms with Crippen LogP contribution in [-0.2, 0) is 23.2 Å². The number of para-hydroxylation sites is 1. The van der Waals surface area contributed by atoms with Crippen molar-refractivity contribution in [3.05, 3.63) is 58.5 Å². The molecule has 7 nitrogen and oxygen atoms in total. The van der Waals surface area contributed by atoms with Crippen LogP contribution in [0.3, 0.4) is 0 Å². The van der Waals surface area contributed by atoms with Crippen LogP contribution in [0, 0.1) is 0 Å². The lowest BCUT2D eigenvalue weighted by atomic mass is 10.1. The van der Waals surface area contributed by atoms with Crippen molar-refractivity contribution < 1.29 is 13.3 Å². The van der Waals surface area contributed by atoms with E-state index in [-0.39, 0.29) is 10.5 Å². The molecule has 2 heterocycles. The summed E-state index contributed by atoms with van der Waals surface area (Å²) in [5, 5.41) is 0. The van der Waals surface area contributed by atoms with E-state index in [1.54, 1.807) is 0 Å². The summed E-state index contributed by atoms with van der Waals surface area (Å²) < 4.78 is 27.4. The Kier molecular flexibility index (Phi) is 6.22. The Bertz CT molecular complexity index is 979. The van der Waals surface area contributed by atoms with Gasteiger partial charge in [-0.3, -0.25) is 9.36 Å². The number of pyridine rings is 1. The van der Waals surface area contributed by atoms with Crippen LogP contribution in [0.15, 0.2) is 52.3 Å². The van der Waals surface area contributed by atoms with Crippen LogP contribution < -0.4 is 15.4 Å². The Morgan fingerprint density at radius 1 is 1.07 bits per heavy atom. The van der Waals surface area contributed by atoms with Crippen LogP contribution in [-0.4, -0.2) is 51.5 Å². The highest BCUT2D eigenvalue weighted by atomic mass is 32.2. The van der Waals surface area contributed by atoms with Gasteiger partial charge >= 0.3 is 0 Å². The minimum Gasteiger partial charge on any atom is -0.371 e. The summed E-state index contributed by atoms with van der Waals surface area (Å²) in [7, 11) is 1.41. The van der Waals surface area contributed by atoms with Gasteiger partial charge in [-0.1, -0.05) is 18.2 Å². The molecule has 0 aliphatic carbocycles. The number of nitrogens with zero attached hydrogens (tertiary/aromatic N) is 3. The van der Waals surface area contributed by atoms with Crippen molar-refractivity contribution in [3.63, 3.8) is 0 Å². The Labute approximate surface area is 166 Å². The topological polar surface area (TPSA) is 67.1 Å². The SMILES string of the molecule is CN(C)S(=O)(=O)c1ccc(=O)n(C[NH+](C)Cc2ccccc2N2CCCC2)c1. The molecular weight excluding hydrogens is 376 g/mol. The van der Waals surface area contributed by atoms with E-state index in [1.165, 1.54) is 61.1 Å². The lowest BCUT2D eigenvalue weighted by Gasteiger charge is -2.23. The normalized spacial score (nSPS) is 15.9. The monoisotopic (exact) mass is 405 g/mol. The summed E-state index contributed by atoms with van der Waals surface area (Å²) in [5.41, 5.74) is 2.30. The van der Waals surface area contributed by atoms with Gasteiger partial charge in [-0.05, 0) is 25.0 Å². The fourth-order valence-electron chi connectivity index (χ4n) is 3.60. The van der Waals surface area contributed by atoms with Gasteiger partial charge in [0.25, 0.3) is 5.56 Å². The average molecular weight is 406 g/mol. The maximum absolute atomic E-state index is 12.4. The first-order valence-electron chi connectivity index (χ1n) is 9.56. The highest BCUT2D eigenvalue weighted by molar-refractivity contribution is 7.89. The van der Waals surface area contributed by atoms with Crippen LogP contribution in [0.2, 0.25) is 0 Å². The van der Waals surface area contributed by atoms with Crippen LogP contribution in [0.4, 0.5) is 5.69 Å². The lowest BCUT2D eigenvalue weighted by molar-refractivity contribution is -0.917. The highest BCUT2D eigenvalue weighted by Crippen LogP contribution is 2.23. The van der Waals surface area contributed by atoms with Crippen molar-refractivity contribution in [2.45, 2.75) is 31.0 Å². The molecule has 0 bridgehead atoms. The standard InChI is InChI=1S/C20H28N4O3S/c1-21(2)28(26,27)18-10-11-20(25)24(15-18)16-22(3)14-17-8-4-5-9-19(17)23-12-6-7-13-23/h4-5,8-11,15H,6-7,12-14,16H2,1-3H3/p+1. The molecule has 1 saturated heterocycles. The van der Waals surface area contributed by atoms with Gasteiger partial charge < -0.3 is 9.80 Å². The van der Waals surface area contributed by atoms with Gasteiger partial charge in [0.1, 0.15) is 6.54 Å². The first kappa shape index (κ1) is 20.6. The molecule has 0 saturated carbocycles. The van der Waals surface area contributed by atoms with Gasteiger partial charge in [-0.2, -0.15) is 0 Å². The molecule has 1 N–H and O–H groups in total. The predicted molar refractivity (Wildman–Crippen MR) is 110 cm³/mol. The molecule has 28 heavy (non-hydrogen) atoms. The van der Waals surface area contributed by atoms with E-state index in [0.29, 0.717) is 6.67 Å². The second-order valence-electron chi connectivity index (χ2n) is 7.58. The Balaban J connectivity index is 1.79. The number of nitrogens with one attached hydrogen (secondary N) is 1. The van der Waals surface area contributed by atoms with Crippen molar-refractivity contribution in [2.24, 2.45) is 0 Å². The molecule has 1 aromatic carbocycles. The first-order valence-corrected chi connectivity index (χ1v) is 11.0. The average Bonchev–Trinajstić information content (AvgIpc) is 3.18. The van der Waals surface area contributed by atoms with E-state index in [0.717, 1.165) is 28.8 Å². The molecule has 1 fully saturated rings. The maximum Gasteiger partial charge on any atom is 0.254 e. The van der Waals surface area contributed by atoms with Crippen molar-refractivity contribution in [1.29, 1.82) is 0 Å². The molecule has 0 spiro atoms. The van der Waals surface area contributed by atoms with Crippen molar-refractivity contribution in [3.8, 4) is 0 Å². The fourth-order valence-corrected chi connectivity index (χ4v) is 4.52. The molecular formula is C20H29N4O3S+. The Morgan fingerprint density at radius 3 is 2.43 bits per heavy atom. The smallest absolute Gasteiger partial charge is 0.254 e. The zero-order chi connectivity index (χ0) is 20.3. The third-order valence-electron chi connectivity index (χ3n) is 5.11. The van der Waals surface area contributed by atoms with E-state index in [2.05, 4.69) is 23.1 Å². The summed E-state index contributed by atoms with van der Waals surface area (Å²) >= 11 is 0. The largest absolute Gasteiger partial charge is 0.371 e. The van der Waals surface area contributed by atoms with Gasteiger partial charge in [-0.25, -0.2) is 12.7 Å². The number of quaternary nitrogens is 1. The molecule has 1 aromatic heterocycles. The summed E-state index contributed by atoms with van der Waals surface area (Å²) in [5.74, 6) is 0. The summed E-state index contributed by atoms with van der Waals surface area (Å²) in [6, 6.07) is 11.1. The second-order valence-corrected chi connectivity index (χ2v) is 9.73. The van der Waals surface area contributed by atoms with Crippen LogP contribution in [0.5, 0.6) is 0 Å². The summed E-state index contributed by atoms with van der Waals surface area (Å²) in [4.78, 5) is 15.9. The quantitative estimate of drug-likeness (QED) is 0.723. The van der Waals surface area contributed by atoms with E-state index >= 15 is 0 Å². The third-order valence-corrected chi connectivity index (χ3v) is 6.90. The summed E-state index contributed by atoms with van der Waals surface area (Å²) in [6.45, 7) is 3.31. The number of rotatable bonds is 7. The molecule has 8 heteroatoms. The molecule has 3 rings (SSSR count). The molecule has 2 aromatic rings. The minimum atomic E-state index is -3.57. The molecule has 1 unspecified atom stereocenters. The number of anilines is 1. The molecule has 1 aliphatic heterocycles. The summed E-state index contributed by atoms with van der Waals surface area (Å²) in [6.07, 6.45) is 3.88. The van der Waals surface area contributed by atoms with Crippen molar-refractivity contribution in [2.75, 3.05) is 39.1 Å². The lowest BCUT2D eigenvalue weighted by Crippen LogP contribution is -3.07. The first-order chi connectivity index (χ1) is 13.3. The van der Waals surface area contributed by atoms with Crippen LogP contribution >= 0.6 is 0 Å². The molecule has 152 valence electrons. The van der Waals surface area contributed by atoms with Crippen molar-refractivity contribution >= 4 is 15.7 Å². The predicted octanol–water partition coefficient (Wildman–Crippen LogP) is 0.371. The van der Waals surface area contributed by atoms with Crippen LogP contribution in [0.25, 0.3) is 0 Å². The van der Waals surface area contributed by atoms with Crippen LogP contribution in [0.1, 0.15) is 18.4 Å². The number of sulfonamides is 1. The van der Waals surface area contributed by atoms with Gasteiger partial charge in [0.15, 0.2) is 6.67 Å². The Morgan fingerprint density at radius 2 is 1.75 bits per heavy atom. The minimum absolute atomic E-state index is 0.127. The maximum atomic E-state index is 12.4. The van der Waals surface area contributed by atoms with E-state index < -0.39 is 10.0 Å². The van der Waals surface area contributed by atoms with Gasteiger partial charge in [0.05, 0.1) is 11.9 Å². The number of aromatic nitrogens is 1. The van der Waals surface area contributed by atoms with E-state index in [9.17, 15) is 13.2 Å². The molecule has 1 atom stereocenters. The Hall–Kier alpha value is -2.16. The zero-order valence-electron chi connectivity index (χ0n) is 16.8. The zero-order valence-corrected chi connectivity index (χ0v) is 17.6. The third kappa shape index (κ3) is 4.45. The fraction of sp³-hybridized carbons (Fsp3) is 0.450. The highest BCUT2D eigenvalue weighted by Gasteiger charge is 2.20. The number of benzene rings is 1. The molecule has 0 radical (unpaired) electrons. The number of hydrogen-bond acceptors (Lipinski definition) is 4. The molecule has 0 amide bonds. The van der Waals surface area contributed by atoms with Gasteiger partial charge in [0, 0.05) is 50.7 Å². The van der Waals surface area contributed by atoms with E-state index in [1.807, 2.05) is 13.1 Å². The van der Waals surface area contributed by atoms with Crippen molar-refractivity contribution in [1.82, 2.24) is 8.87 Å². The second kappa shape index (κ2) is 8.46. The number of hydrogen-bond donors (Lipinski definition) is 1. The molecule has 1 aliphatic rings. The van der Waals surface area contributed by atoms with E-state index in [4.69, 9.17) is 0 Å². The van der Waals surface area contributed by atoms with Gasteiger partial charge in [0.2, 0.25) is 10.0 Å². The van der Waals surface area contributed by atoms with Gasteiger partial charge in [-0.15, -0.1) is 0 Å².